The van der Waals surface area contributed by atoms with E-state index in [-0.39, 0.29) is 29.3 Å². The number of aryl methyl sites for hydroxylation is 2. The van der Waals surface area contributed by atoms with E-state index in [1.807, 2.05) is 59.8 Å². The van der Waals surface area contributed by atoms with E-state index in [1.54, 1.807) is 0 Å². The van der Waals surface area contributed by atoms with Crippen LogP contribution in [0.3, 0.4) is 0 Å². The number of likely N-dealkylation sites (tertiary alicyclic amines) is 1. The maximum atomic E-state index is 15.2. The number of nitrogens with one attached hydrogen (secondary N) is 1. The molecule has 2 heterocycles. The second-order valence-electron chi connectivity index (χ2n) is 13.1. The van der Waals surface area contributed by atoms with Gasteiger partial charge in [-0.1, -0.05) is 48.0 Å². The van der Waals surface area contributed by atoms with Crippen LogP contribution in [0.25, 0.3) is 5.69 Å². The number of rotatable bonds is 7. The monoisotopic (exact) mass is 631 g/mol. The number of nitrogens with zero attached hydrogens (tertiary/aromatic N) is 4. The molecule has 1 unspecified atom stereocenters. The lowest BCUT2D eigenvalue weighted by Crippen LogP contribution is -2.44. The van der Waals surface area contributed by atoms with E-state index in [0.29, 0.717) is 42.3 Å². The van der Waals surface area contributed by atoms with Gasteiger partial charge < -0.3 is 10.2 Å². The van der Waals surface area contributed by atoms with Gasteiger partial charge in [-0.3, -0.25) is 4.79 Å². The Morgan fingerprint density at radius 1 is 0.978 bits per heavy atom. The summed E-state index contributed by atoms with van der Waals surface area (Å²) in [5.41, 5.74) is 3.09. The number of carbonyl (C=O) groups is 1. The summed E-state index contributed by atoms with van der Waals surface area (Å²) in [5.74, 6) is -0.199. The van der Waals surface area contributed by atoms with E-state index < -0.39 is 17.6 Å². The first-order chi connectivity index (χ1) is 21.5. The van der Waals surface area contributed by atoms with Crippen LogP contribution in [0.5, 0.6) is 0 Å². The van der Waals surface area contributed by atoms with Gasteiger partial charge in [-0.15, -0.1) is 0 Å². The third-order valence-electron chi connectivity index (χ3n) is 9.60. The number of carbonyl (C=O) groups excluding carboxylic acids is 1. The Labute approximate surface area is 268 Å². The quantitative estimate of drug-likeness (QED) is 0.228. The first-order valence-corrected chi connectivity index (χ1v) is 16.1. The van der Waals surface area contributed by atoms with Crippen molar-refractivity contribution in [2.24, 2.45) is 5.92 Å². The highest BCUT2D eigenvalue weighted by molar-refractivity contribution is 6.31. The SMILES string of the molecule is Cc1nc(C2CCN(C(=O)[C@@H]3CC(NC(C)(C)c4ccccc4)C[C@H]3c3ccc(F)cc3F)CC2)n(-c2ccc(Cl)c(C)c2)n1. The maximum Gasteiger partial charge on any atom is 0.226 e. The summed E-state index contributed by atoms with van der Waals surface area (Å²) in [7, 11) is 0. The lowest BCUT2D eigenvalue weighted by atomic mass is 9.86. The highest BCUT2D eigenvalue weighted by Gasteiger charge is 2.44. The highest BCUT2D eigenvalue weighted by atomic mass is 35.5. The predicted molar refractivity (Wildman–Crippen MR) is 173 cm³/mol. The molecule has 1 saturated heterocycles. The molecule has 1 saturated carbocycles. The van der Waals surface area contributed by atoms with Crippen molar-refractivity contribution in [3.63, 3.8) is 0 Å². The lowest BCUT2D eigenvalue weighted by molar-refractivity contribution is -0.137. The topological polar surface area (TPSA) is 63.1 Å². The largest absolute Gasteiger partial charge is 0.342 e. The van der Waals surface area contributed by atoms with E-state index in [9.17, 15) is 9.18 Å². The Kier molecular flexibility index (Phi) is 8.81. The van der Waals surface area contributed by atoms with Crippen molar-refractivity contribution < 1.29 is 13.6 Å². The zero-order valence-electron chi connectivity index (χ0n) is 26.2. The summed E-state index contributed by atoms with van der Waals surface area (Å²) in [6.07, 6.45) is 2.68. The molecular weight excluding hydrogens is 592 g/mol. The van der Waals surface area contributed by atoms with Crippen molar-refractivity contribution in [1.82, 2.24) is 25.0 Å². The predicted octanol–water partition coefficient (Wildman–Crippen LogP) is 7.61. The van der Waals surface area contributed by atoms with Crippen molar-refractivity contribution in [3.8, 4) is 5.69 Å². The molecule has 4 aromatic rings. The van der Waals surface area contributed by atoms with Gasteiger partial charge in [-0.05, 0) is 100 Å². The van der Waals surface area contributed by atoms with E-state index in [1.165, 1.54) is 12.1 Å². The Bertz CT molecular complexity index is 1680. The second-order valence-corrected chi connectivity index (χ2v) is 13.6. The van der Waals surface area contributed by atoms with Gasteiger partial charge >= 0.3 is 0 Å². The van der Waals surface area contributed by atoms with Crippen LogP contribution in [0, 0.1) is 31.4 Å². The molecule has 236 valence electrons. The van der Waals surface area contributed by atoms with Crippen LogP contribution < -0.4 is 5.32 Å². The summed E-state index contributed by atoms with van der Waals surface area (Å²) in [6.45, 7) is 9.27. The number of amides is 1. The van der Waals surface area contributed by atoms with Crippen LogP contribution in [0.15, 0.2) is 66.7 Å². The summed E-state index contributed by atoms with van der Waals surface area (Å²) in [6, 6.07) is 19.7. The normalized spacial score (nSPS) is 21.0. The molecule has 2 aliphatic rings. The van der Waals surface area contributed by atoms with E-state index in [2.05, 4.69) is 36.4 Å². The maximum absolute atomic E-state index is 15.2. The number of piperidine rings is 1. The van der Waals surface area contributed by atoms with Crippen LogP contribution >= 0.6 is 11.6 Å². The first-order valence-electron chi connectivity index (χ1n) is 15.8. The molecule has 45 heavy (non-hydrogen) atoms. The zero-order chi connectivity index (χ0) is 31.9. The summed E-state index contributed by atoms with van der Waals surface area (Å²) in [5, 5.41) is 9.13. The fourth-order valence-electron chi connectivity index (χ4n) is 7.26. The second kappa shape index (κ2) is 12.6. The molecular formula is C36H40ClF2N5O. The Morgan fingerprint density at radius 2 is 1.71 bits per heavy atom. The lowest BCUT2D eigenvalue weighted by Gasteiger charge is -2.34. The molecule has 6 rings (SSSR count). The van der Waals surface area contributed by atoms with Gasteiger partial charge in [-0.25, -0.2) is 18.4 Å². The molecule has 0 spiro atoms. The van der Waals surface area contributed by atoms with Gasteiger partial charge in [0.1, 0.15) is 23.3 Å². The summed E-state index contributed by atoms with van der Waals surface area (Å²) >= 11 is 6.27. The minimum absolute atomic E-state index is 0.00879. The van der Waals surface area contributed by atoms with Gasteiger partial charge in [0, 0.05) is 47.6 Å². The highest BCUT2D eigenvalue weighted by Crippen LogP contribution is 2.44. The third kappa shape index (κ3) is 6.54. The Hall–Kier alpha value is -3.62. The van der Waals surface area contributed by atoms with Gasteiger partial charge in [0.05, 0.1) is 5.69 Å². The molecule has 1 aliphatic heterocycles. The van der Waals surface area contributed by atoms with Crippen molar-refractivity contribution in [3.05, 3.63) is 112 Å². The molecule has 1 aromatic heterocycles. The number of benzene rings is 3. The van der Waals surface area contributed by atoms with E-state index >= 15 is 4.39 Å². The molecule has 6 nitrogen and oxygen atoms in total. The Balaban J connectivity index is 1.20. The summed E-state index contributed by atoms with van der Waals surface area (Å²) in [4.78, 5) is 20.9. The van der Waals surface area contributed by atoms with Gasteiger partial charge in [-0.2, -0.15) is 5.10 Å². The van der Waals surface area contributed by atoms with Gasteiger partial charge in [0.25, 0.3) is 0 Å². The minimum Gasteiger partial charge on any atom is -0.342 e. The van der Waals surface area contributed by atoms with Crippen LogP contribution in [0.1, 0.15) is 79.7 Å². The van der Waals surface area contributed by atoms with Crippen LogP contribution in [0.4, 0.5) is 8.78 Å². The summed E-state index contributed by atoms with van der Waals surface area (Å²) < 4.78 is 30.9. The number of halogens is 3. The number of aromatic nitrogens is 3. The van der Waals surface area contributed by atoms with Crippen LogP contribution in [-0.4, -0.2) is 44.7 Å². The van der Waals surface area contributed by atoms with Crippen molar-refractivity contribution in [2.45, 2.75) is 76.8 Å². The van der Waals surface area contributed by atoms with Crippen molar-refractivity contribution in [2.75, 3.05) is 13.1 Å². The average Bonchev–Trinajstić information content (AvgIpc) is 3.62. The zero-order valence-corrected chi connectivity index (χ0v) is 27.0. The number of hydrogen-bond acceptors (Lipinski definition) is 4. The molecule has 1 amide bonds. The molecule has 3 aromatic carbocycles. The van der Waals surface area contributed by atoms with E-state index in [4.69, 9.17) is 16.6 Å². The minimum atomic E-state index is -0.615. The first kappa shape index (κ1) is 31.4. The molecule has 1 N–H and O–H groups in total. The molecule has 2 fully saturated rings. The molecule has 9 heteroatoms. The molecule has 3 atom stereocenters. The molecule has 0 radical (unpaired) electrons. The van der Waals surface area contributed by atoms with Crippen LogP contribution in [0.2, 0.25) is 5.02 Å². The molecule has 0 bridgehead atoms. The van der Waals surface area contributed by atoms with Crippen molar-refractivity contribution in [1.29, 1.82) is 0 Å². The average molecular weight is 632 g/mol. The van der Waals surface area contributed by atoms with Crippen LogP contribution in [-0.2, 0) is 10.3 Å². The standard InChI is InChI=1S/C36H40ClF2N5O/c1-22-18-28(11-13-32(22)37)44-34(40-23(2)42-44)24-14-16-43(17-15-24)35(45)31-21-27(41-36(3,4)25-8-6-5-7-9-25)20-30(31)29-12-10-26(38)19-33(29)39/h5-13,18-19,24,27,30-31,41H,14-17,20-21H2,1-4H3/t27?,30-,31+/m0/s1. The fourth-order valence-corrected chi connectivity index (χ4v) is 7.38. The van der Waals surface area contributed by atoms with E-state index in [0.717, 1.165) is 41.5 Å². The van der Waals surface area contributed by atoms with Crippen molar-refractivity contribution >= 4 is 17.5 Å². The van der Waals surface area contributed by atoms with Gasteiger partial charge in [0.2, 0.25) is 5.91 Å². The third-order valence-corrected chi connectivity index (χ3v) is 10.0. The van der Waals surface area contributed by atoms with Gasteiger partial charge in [0.15, 0.2) is 0 Å². The smallest absolute Gasteiger partial charge is 0.226 e. The fraction of sp³-hybridized carbons (Fsp3) is 0.417. The number of hydrogen-bond donors (Lipinski definition) is 1. The Morgan fingerprint density at radius 3 is 2.40 bits per heavy atom. The molecule has 1 aliphatic carbocycles.